The predicted octanol–water partition coefficient (Wildman–Crippen LogP) is 6.39. The van der Waals surface area contributed by atoms with Gasteiger partial charge in [0.15, 0.2) is 0 Å². The Balaban J connectivity index is 1.93. The first-order valence-electron chi connectivity index (χ1n) is 6.34. The first kappa shape index (κ1) is 13.8. The van der Waals surface area contributed by atoms with Crippen molar-refractivity contribution in [2.75, 3.05) is 0 Å². The molecule has 0 amide bonds. The van der Waals surface area contributed by atoms with Crippen LogP contribution in [-0.4, -0.2) is 0 Å². The van der Waals surface area contributed by atoms with E-state index in [0.717, 1.165) is 4.47 Å². The van der Waals surface area contributed by atoms with Gasteiger partial charge >= 0.3 is 0 Å². The molecule has 0 aromatic heterocycles. The molecule has 0 aliphatic heterocycles. The van der Waals surface area contributed by atoms with Crippen molar-refractivity contribution in [3.05, 3.63) is 80.8 Å². The molecule has 3 aromatic rings. The van der Waals surface area contributed by atoms with Gasteiger partial charge in [-0.25, -0.2) is 0 Å². The quantitative estimate of drug-likeness (QED) is 0.410. The van der Waals surface area contributed by atoms with Crippen molar-refractivity contribution < 1.29 is 0 Å². The van der Waals surface area contributed by atoms with Crippen LogP contribution in [-0.2, 0) is 0 Å². The fourth-order valence-corrected chi connectivity index (χ4v) is 2.97. The SMILES string of the molecule is Brc1ccc(-c2ccc(-c3cccc(I)c3)cc2)cc1. The molecule has 0 N–H and O–H groups in total. The Morgan fingerprint density at radius 1 is 0.600 bits per heavy atom. The van der Waals surface area contributed by atoms with E-state index >= 15 is 0 Å². The normalized spacial score (nSPS) is 10.5. The summed E-state index contributed by atoms with van der Waals surface area (Å²) in [6.07, 6.45) is 0. The molecule has 0 atom stereocenters. The molecule has 20 heavy (non-hydrogen) atoms. The molecule has 0 spiro atoms. The van der Waals surface area contributed by atoms with E-state index in [1.807, 2.05) is 0 Å². The third kappa shape index (κ3) is 3.13. The first-order chi connectivity index (χ1) is 9.72. The van der Waals surface area contributed by atoms with Gasteiger partial charge in [-0.2, -0.15) is 0 Å². The summed E-state index contributed by atoms with van der Waals surface area (Å²) >= 11 is 5.81. The van der Waals surface area contributed by atoms with Crippen LogP contribution in [0.15, 0.2) is 77.3 Å². The minimum atomic E-state index is 1.11. The minimum Gasteiger partial charge on any atom is -0.0606 e. The van der Waals surface area contributed by atoms with Gasteiger partial charge in [0.2, 0.25) is 0 Å². The second kappa shape index (κ2) is 6.10. The van der Waals surface area contributed by atoms with Gasteiger partial charge in [0.1, 0.15) is 0 Å². The zero-order chi connectivity index (χ0) is 13.9. The van der Waals surface area contributed by atoms with Crippen molar-refractivity contribution >= 4 is 38.5 Å². The van der Waals surface area contributed by atoms with Gasteiger partial charge in [0, 0.05) is 8.04 Å². The molecule has 2 heteroatoms. The van der Waals surface area contributed by atoms with Crippen molar-refractivity contribution in [3.8, 4) is 22.3 Å². The molecular weight excluding hydrogens is 423 g/mol. The van der Waals surface area contributed by atoms with E-state index < -0.39 is 0 Å². The highest BCUT2D eigenvalue weighted by atomic mass is 127. The van der Waals surface area contributed by atoms with Gasteiger partial charge in [-0.15, -0.1) is 0 Å². The lowest BCUT2D eigenvalue weighted by Gasteiger charge is -2.05. The van der Waals surface area contributed by atoms with Gasteiger partial charge in [-0.1, -0.05) is 64.5 Å². The molecule has 0 saturated heterocycles. The Kier molecular flexibility index (Phi) is 4.22. The number of benzene rings is 3. The number of rotatable bonds is 2. The lowest BCUT2D eigenvalue weighted by Crippen LogP contribution is -1.81. The van der Waals surface area contributed by atoms with Crippen LogP contribution < -0.4 is 0 Å². The van der Waals surface area contributed by atoms with Crippen LogP contribution in [0.1, 0.15) is 0 Å². The average molecular weight is 435 g/mol. The zero-order valence-electron chi connectivity index (χ0n) is 10.7. The van der Waals surface area contributed by atoms with Crippen LogP contribution in [0.25, 0.3) is 22.3 Å². The summed E-state index contributed by atoms with van der Waals surface area (Å²) in [5.74, 6) is 0. The largest absolute Gasteiger partial charge is 0.0606 e. The summed E-state index contributed by atoms with van der Waals surface area (Å²) < 4.78 is 2.37. The number of hydrogen-bond acceptors (Lipinski definition) is 0. The lowest BCUT2D eigenvalue weighted by atomic mass is 10.0. The maximum Gasteiger partial charge on any atom is 0.0175 e. The van der Waals surface area contributed by atoms with E-state index in [1.165, 1.54) is 25.8 Å². The summed E-state index contributed by atoms with van der Waals surface area (Å²) in [6, 6.07) is 25.7. The van der Waals surface area contributed by atoms with E-state index in [4.69, 9.17) is 0 Å². The van der Waals surface area contributed by atoms with Crippen LogP contribution >= 0.6 is 38.5 Å². The summed E-state index contributed by atoms with van der Waals surface area (Å²) in [4.78, 5) is 0. The minimum absolute atomic E-state index is 1.11. The molecule has 0 aliphatic carbocycles. The molecule has 98 valence electrons. The van der Waals surface area contributed by atoms with Crippen molar-refractivity contribution in [2.24, 2.45) is 0 Å². The van der Waals surface area contributed by atoms with Crippen molar-refractivity contribution in [2.45, 2.75) is 0 Å². The van der Waals surface area contributed by atoms with Gasteiger partial charge in [0.05, 0.1) is 0 Å². The third-order valence-corrected chi connectivity index (χ3v) is 4.42. The molecule has 0 radical (unpaired) electrons. The van der Waals surface area contributed by atoms with Gasteiger partial charge in [-0.3, -0.25) is 0 Å². The van der Waals surface area contributed by atoms with E-state index in [0.29, 0.717) is 0 Å². The Morgan fingerprint density at radius 3 is 1.65 bits per heavy atom. The van der Waals surface area contributed by atoms with E-state index in [2.05, 4.69) is 111 Å². The van der Waals surface area contributed by atoms with E-state index in [-0.39, 0.29) is 0 Å². The maximum atomic E-state index is 3.47. The summed E-state index contributed by atoms with van der Waals surface area (Å²) in [6.45, 7) is 0. The monoisotopic (exact) mass is 434 g/mol. The average Bonchev–Trinajstić information content (AvgIpc) is 2.48. The molecule has 0 nitrogen and oxygen atoms in total. The lowest BCUT2D eigenvalue weighted by molar-refractivity contribution is 1.56. The Hall–Kier alpha value is -1.13. The van der Waals surface area contributed by atoms with Gasteiger partial charge in [-0.05, 0) is 69.1 Å². The van der Waals surface area contributed by atoms with Crippen LogP contribution in [0.3, 0.4) is 0 Å². The van der Waals surface area contributed by atoms with Crippen molar-refractivity contribution in [1.29, 1.82) is 0 Å². The highest BCUT2D eigenvalue weighted by Crippen LogP contribution is 2.26. The Bertz CT molecular complexity index is 715. The van der Waals surface area contributed by atoms with Gasteiger partial charge in [0.25, 0.3) is 0 Å². The first-order valence-corrected chi connectivity index (χ1v) is 8.21. The van der Waals surface area contributed by atoms with Crippen LogP contribution in [0.5, 0.6) is 0 Å². The number of hydrogen-bond donors (Lipinski definition) is 0. The Morgan fingerprint density at radius 2 is 1.10 bits per heavy atom. The van der Waals surface area contributed by atoms with Crippen LogP contribution in [0.4, 0.5) is 0 Å². The fourth-order valence-electron chi connectivity index (χ4n) is 2.17. The van der Waals surface area contributed by atoms with E-state index in [1.54, 1.807) is 0 Å². The maximum absolute atomic E-state index is 3.47. The summed E-state index contributed by atoms with van der Waals surface area (Å²) in [5, 5.41) is 0. The Labute approximate surface area is 141 Å². The zero-order valence-corrected chi connectivity index (χ0v) is 14.4. The number of halogens is 2. The molecule has 0 fully saturated rings. The predicted molar refractivity (Wildman–Crippen MR) is 97.7 cm³/mol. The second-order valence-electron chi connectivity index (χ2n) is 4.59. The van der Waals surface area contributed by atoms with Crippen molar-refractivity contribution in [1.82, 2.24) is 0 Å². The molecular formula is C18H12BrI. The summed E-state index contributed by atoms with van der Waals surface area (Å²) in [5.41, 5.74) is 5.00. The topological polar surface area (TPSA) is 0 Å². The molecule has 0 bridgehead atoms. The molecule has 0 heterocycles. The van der Waals surface area contributed by atoms with Crippen LogP contribution in [0, 0.1) is 3.57 Å². The van der Waals surface area contributed by atoms with E-state index in [9.17, 15) is 0 Å². The molecule has 3 aromatic carbocycles. The summed E-state index contributed by atoms with van der Waals surface area (Å²) in [7, 11) is 0. The highest BCUT2D eigenvalue weighted by Gasteiger charge is 2.01. The standard InChI is InChI=1S/C18H12BrI/c19-17-10-8-14(9-11-17)13-4-6-15(7-5-13)16-2-1-3-18(20)12-16/h1-12H. The fraction of sp³-hybridized carbons (Fsp3) is 0. The second-order valence-corrected chi connectivity index (χ2v) is 6.76. The third-order valence-electron chi connectivity index (χ3n) is 3.22. The molecule has 0 aliphatic rings. The van der Waals surface area contributed by atoms with Crippen molar-refractivity contribution in [3.63, 3.8) is 0 Å². The molecule has 0 saturated carbocycles. The van der Waals surface area contributed by atoms with Crippen LogP contribution in [0.2, 0.25) is 0 Å². The molecule has 3 rings (SSSR count). The molecule has 0 unspecified atom stereocenters. The highest BCUT2D eigenvalue weighted by molar-refractivity contribution is 14.1. The smallest absolute Gasteiger partial charge is 0.0175 e. The van der Waals surface area contributed by atoms with Gasteiger partial charge < -0.3 is 0 Å².